The van der Waals surface area contributed by atoms with Gasteiger partial charge in [-0.05, 0) is 46.5 Å². The standard InChI is InChI=1S/C48H30N6/c1-49-37-23-15-22-35(30-37)42-31-36(28-29-40(42)48-53-45(33-18-7-3-8-19-33)52-46(54-48)34-20-9-4-10-21-34)38-24-11-12-25-39(38)47-50-43-27-14-13-26-41(43)44(51-47)32-16-5-2-6-17-32/h2-31H. The Hall–Kier alpha value is -7.62. The van der Waals surface area contributed by atoms with E-state index in [0.717, 1.165) is 66.7 Å². The Bertz CT molecular complexity index is 2770. The first-order chi connectivity index (χ1) is 26.7. The summed E-state index contributed by atoms with van der Waals surface area (Å²) in [4.78, 5) is 29.1. The van der Waals surface area contributed by atoms with Crippen LogP contribution in [-0.4, -0.2) is 24.9 Å². The molecule has 9 rings (SSSR count). The molecule has 2 heterocycles. The second-order valence-corrected chi connectivity index (χ2v) is 12.8. The number of fused-ring (bicyclic) bond motifs is 1. The van der Waals surface area contributed by atoms with Crippen molar-refractivity contribution >= 4 is 16.6 Å². The van der Waals surface area contributed by atoms with E-state index in [1.807, 2.05) is 133 Å². The molecule has 54 heavy (non-hydrogen) atoms. The summed E-state index contributed by atoms with van der Waals surface area (Å²) in [6, 6.07) is 60.6. The topological polar surface area (TPSA) is 68.8 Å². The van der Waals surface area contributed by atoms with Gasteiger partial charge < -0.3 is 0 Å². The summed E-state index contributed by atoms with van der Waals surface area (Å²) in [6.07, 6.45) is 0. The predicted octanol–water partition coefficient (Wildman–Crippen LogP) is 12.0. The molecular weight excluding hydrogens is 661 g/mol. The summed E-state index contributed by atoms with van der Waals surface area (Å²) in [7, 11) is 0. The third-order valence-corrected chi connectivity index (χ3v) is 9.38. The van der Waals surface area contributed by atoms with Gasteiger partial charge in [0.25, 0.3) is 0 Å². The van der Waals surface area contributed by atoms with Crippen LogP contribution >= 0.6 is 0 Å². The van der Waals surface area contributed by atoms with Crippen LogP contribution in [-0.2, 0) is 0 Å². The average Bonchev–Trinajstić information content (AvgIpc) is 3.26. The molecule has 0 aliphatic carbocycles. The lowest BCUT2D eigenvalue weighted by Gasteiger charge is -2.16. The Morgan fingerprint density at radius 3 is 1.54 bits per heavy atom. The Kier molecular flexibility index (Phi) is 8.48. The van der Waals surface area contributed by atoms with E-state index in [4.69, 9.17) is 31.5 Å². The Labute approximate surface area is 313 Å². The van der Waals surface area contributed by atoms with Gasteiger partial charge in [-0.3, -0.25) is 0 Å². The molecule has 9 aromatic rings. The number of benzene rings is 7. The quantitative estimate of drug-likeness (QED) is 0.156. The van der Waals surface area contributed by atoms with Crippen molar-refractivity contribution < 1.29 is 0 Å². The largest absolute Gasteiger partial charge is 0.238 e. The maximum absolute atomic E-state index is 7.78. The summed E-state index contributed by atoms with van der Waals surface area (Å²) in [6.45, 7) is 7.78. The van der Waals surface area contributed by atoms with E-state index >= 15 is 0 Å². The minimum Gasteiger partial charge on any atom is -0.238 e. The van der Waals surface area contributed by atoms with E-state index in [1.54, 1.807) is 0 Å². The summed E-state index contributed by atoms with van der Waals surface area (Å²) in [5.74, 6) is 2.34. The number of rotatable bonds is 7. The Balaban J connectivity index is 1.25. The van der Waals surface area contributed by atoms with Crippen LogP contribution in [0.2, 0.25) is 0 Å². The highest BCUT2D eigenvalue weighted by molar-refractivity contribution is 5.95. The van der Waals surface area contributed by atoms with E-state index in [-0.39, 0.29) is 0 Å². The summed E-state index contributed by atoms with van der Waals surface area (Å²) < 4.78 is 0. The van der Waals surface area contributed by atoms with Crippen LogP contribution in [0, 0.1) is 6.57 Å². The molecule has 0 atom stereocenters. The number of hydrogen-bond donors (Lipinski definition) is 0. The van der Waals surface area contributed by atoms with Crippen LogP contribution < -0.4 is 0 Å². The van der Waals surface area contributed by atoms with Gasteiger partial charge in [-0.1, -0.05) is 158 Å². The fourth-order valence-electron chi connectivity index (χ4n) is 6.76. The third-order valence-electron chi connectivity index (χ3n) is 9.38. The van der Waals surface area contributed by atoms with Gasteiger partial charge in [0.05, 0.1) is 17.8 Å². The Morgan fingerprint density at radius 1 is 0.333 bits per heavy atom. The lowest BCUT2D eigenvalue weighted by atomic mass is 9.91. The van der Waals surface area contributed by atoms with E-state index in [9.17, 15) is 0 Å². The van der Waals surface area contributed by atoms with Crippen LogP contribution in [0.15, 0.2) is 182 Å². The van der Waals surface area contributed by atoms with Crippen molar-refractivity contribution in [2.24, 2.45) is 0 Å². The molecule has 0 fully saturated rings. The second-order valence-electron chi connectivity index (χ2n) is 12.8. The van der Waals surface area contributed by atoms with Crippen molar-refractivity contribution in [1.29, 1.82) is 0 Å². The van der Waals surface area contributed by atoms with Crippen molar-refractivity contribution in [3.05, 3.63) is 193 Å². The van der Waals surface area contributed by atoms with E-state index < -0.39 is 0 Å². The number of para-hydroxylation sites is 1. The molecule has 0 saturated heterocycles. The highest BCUT2D eigenvalue weighted by atomic mass is 15.0. The number of nitrogens with zero attached hydrogens (tertiary/aromatic N) is 6. The van der Waals surface area contributed by atoms with Crippen molar-refractivity contribution in [3.63, 3.8) is 0 Å². The van der Waals surface area contributed by atoms with Gasteiger partial charge in [0.15, 0.2) is 29.0 Å². The van der Waals surface area contributed by atoms with Crippen LogP contribution in [0.3, 0.4) is 0 Å². The zero-order valence-electron chi connectivity index (χ0n) is 29.0. The highest BCUT2D eigenvalue weighted by Gasteiger charge is 2.19. The maximum Gasteiger partial charge on any atom is 0.187 e. The van der Waals surface area contributed by atoms with Crippen LogP contribution in [0.4, 0.5) is 5.69 Å². The van der Waals surface area contributed by atoms with E-state index in [1.165, 1.54) is 0 Å². The molecule has 252 valence electrons. The molecule has 0 N–H and O–H groups in total. The molecule has 6 nitrogen and oxygen atoms in total. The molecule has 2 aromatic heterocycles. The van der Waals surface area contributed by atoms with Crippen LogP contribution in [0.5, 0.6) is 0 Å². The first-order valence-electron chi connectivity index (χ1n) is 17.6. The minimum absolute atomic E-state index is 0.538. The van der Waals surface area contributed by atoms with Crippen molar-refractivity contribution in [3.8, 4) is 79.1 Å². The predicted molar refractivity (Wildman–Crippen MR) is 217 cm³/mol. The average molecular weight is 691 g/mol. The molecule has 0 radical (unpaired) electrons. The Morgan fingerprint density at radius 2 is 0.852 bits per heavy atom. The minimum atomic E-state index is 0.538. The molecule has 0 bridgehead atoms. The van der Waals surface area contributed by atoms with Crippen molar-refractivity contribution in [1.82, 2.24) is 24.9 Å². The molecule has 0 aliphatic heterocycles. The summed E-state index contributed by atoms with van der Waals surface area (Å²) in [5.41, 5.74) is 10.6. The SMILES string of the molecule is [C-]#[N+]c1cccc(-c2cc(-c3ccccc3-c3nc(-c4ccccc4)c4ccccc4n3)ccc2-c2nc(-c3ccccc3)nc(-c3ccccc3)n2)c1. The lowest BCUT2D eigenvalue weighted by molar-refractivity contribution is 1.07. The normalized spacial score (nSPS) is 10.9. The van der Waals surface area contributed by atoms with Gasteiger partial charge in [-0.25, -0.2) is 29.8 Å². The van der Waals surface area contributed by atoms with E-state index in [0.29, 0.717) is 29.0 Å². The molecule has 0 saturated carbocycles. The number of hydrogen-bond acceptors (Lipinski definition) is 5. The molecule has 0 unspecified atom stereocenters. The molecule has 7 aromatic carbocycles. The smallest absolute Gasteiger partial charge is 0.187 e. The first kappa shape index (κ1) is 32.3. The summed E-state index contributed by atoms with van der Waals surface area (Å²) >= 11 is 0. The van der Waals surface area contributed by atoms with Gasteiger partial charge in [-0.2, -0.15) is 0 Å². The van der Waals surface area contributed by atoms with Gasteiger partial charge in [0.1, 0.15) is 0 Å². The molecule has 0 spiro atoms. The van der Waals surface area contributed by atoms with Gasteiger partial charge in [0.2, 0.25) is 0 Å². The lowest BCUT2D eigenvalue weighted by Crippen LogP contribution is -2.01. The molecule has 0 amide bonds. The highest BCUT2D eigenvalue weighted by Crippen LogP contribution is 2.40. The molecular formula is C48H30N6. The van der Waals surface area contributed by atoms with Crippen LogP contribution in [0.1, 0.15) is 0 Å². The fourth-order valence-corrected chi connectivity index (χ4v) is 6.76. The van der Waals surface area contributed by atoms with Gasteiger partial charge in [0, 0.05) is 33.2 Å². The van der Waals surface area contributed by atoms with Gasteiger partial charge >= 0.3 is 0 Å². The zero-order valence-corrected chi connectivity index (χ0v) is 29.0. The fraction of sp³-hybridized carbons (Fsp3) is 0. The third kappa shape index (κ3) is 6.27. The molecule has 0 aliphatic rings. The second kappa shape index (κ2) is 14.2. The monoisotopic (exact) mass is 690 g/mol. The zero-order chi connectivity index (χ0) is 36.3. The van der Waals surface area contributed by atoms with Crippen molar-refractivity contribution in [2.75, 3.05) is 0 Å². The maximum atomic E-state index is 7.78. The summed E-state index contributed by atoms with van der Waals surface area (Å²) in [5, 5.41) is 0.998. The van der Waals surface area contributed by atoms with Gasteiger partial charge in [-0.15, -0.1) is 0 Å². The van der Waals surface area contributed by atoms with E-state index in [2.05, 4.69) is 53.4 Å². The first-order valence-corrected chi connectivity index (χ1v) is 17.6. The molecule has 6 heteroatoms. The number of aromatic nitrogens is 5. The van der Waals surface area contributed by atoms with Crippen molar-refractivity contribution in [2.45, 2.75) is 0 Å². The van der Waals surface area contributed by atoms with Crippen LogP contribution in [0.25, 0.3) is 94.8 Å².